The Morgan fingerprint density at radius 3 is 2.77 bits per heavy atom. The number of rotatable bonds is 7. The average molecular weight is 301 g/mol. The summed E-state index contributed by atoms with van der Waals surface area (Å²) in [4.78, 5) is 12.0. The molecule has 1 heterocycles. The molecule has 22 heavy (non-hydrogen) atoms. The van der Waals surface area contributed by atoms with E-state index in [0.717, 1.165) is 29.9 Å². The first-order valence-electron chi connectivity index (χ1n) is 7.60. The molecule has 0 bridgehead atoms. The van der Waals surface area contributed by atoms with Crippen LogP contribution >= 0.6 is 0 Å². The number of hydrogen-bond donors (Lipinski definition) is 1. The molecular formula is C18H23NO3. The van der Waals surface area contributed by atoms with Crippen molar-refractivity contribution in [1.82, 2.24) is 5.32 Å². The summed E-state index contributed by atoms with van der Waals surface area (Å²) in [5, 5.41) is 2.89. The van der Waals surface area contributed by atoms with Gasteiger partial charge in [-0.25, -0.2) is 0 Å². The zero-order valence-corrected chi connectivity index (χ0v) is 13.4. The molecule has 1 aromatic heterocycles. The van der Waals surface area contributed by atoms with E-state index in [1.165, 1.54) is 5.56 Å². The van der Waals surface area contributed by atoms with Crippen LogP contribution < -0.4 is 10.1 Å². The fourth-order valence-corrected chi connectivity index (χ4v) is 2.12. The molecule has 2 rings (SSSR count). The Morgan fingerprint density at radius 1 is 1.27 bits per heavy atom. The quantitative estimate of drug-likeness (QED) is 0.797. The second-order valence-corrected chi connectivity index (χ2v) is 5.48. The summed E-state index contributed by atoms with van der Waals surface area (Å²) in [7, 11) is 0. The molecule has 1 unspecified atom stereocenters. The number of benzene rings is 1. The molecule has 1 aromatic carbocycles. The number of amides is 1. The van der Waals surface area contributed by atoms with E-state index < -0.39 is 6.10 Å². The van der Waals surface area contributed by atoms with E-state index in [9.17, 15) is 4.79 Å². The smallest absolute Gasteiger partial charge is 0.260 e. The van der Waals surface area contributed by atoms with Crippen LogP contribution in [0.15, 0.2) is 41.0 Å². The monoisotopic (exact) mass is 301 g/mol. The Hall–Kier alpha value is -2.23. The maximum Gasteiger partial charge on any atom is 0.260 e. The number of aryl methyl sites for hydroxylation is 3. The van der Waals surface area contributed by atoms with Crippen molar-refractivity contribution in [3.05, 3.63) is 53.5 Å². The molecule has 0 aliphatic heterocycles. The van der Waals surface area contributed by atoms with Crippen molar-refractivity contribution < 1.29 is 13.9 Å². The largest absolute Gasteiger partial charge is 0.481 e. The van der Waals surface area contributed by atoms with Gasteiger partial charge < -0.3 is 14.5 Å². The molecule has 4 nitrogen and oxygen atoms in total. The van der Waals surface area contributed by atoms with Gasteiger partial charge in [0.05, 0.1) is 6.26 Å². The summed E-state index contributed by atoms with van der Waals surface area (Å²) in [5.41, 5.74) is 2.37. The predicted molar refractivity (Wildman–Crippen MR) is 86.0 cm³/mol. The molecule has 0 aliphatic carbocycles. The van der Waals surface area contributed by atoms with Crippen molar-refractivity contribution in [3.8, 4) is 5.75 Å². The Bertz CT molecular complexity index is 605. The first kappa shape index (κ1) is 16.1. The van der Waals surface area contributed by atoms with Crippen LogP contribution in [0, 0.1) is 13.8 Å². The summed E-state index contributed by atoms with van der Waals surface area (Å²) in [6.07, 6.45) is 2.81. The van der Waals surface area contributed by atoms with Crippen LogP contribution in [0.3, 0.4) is 0 Å². The zero-order chi connectivity index (χ0) is 15.9. The third-order valence-electron chi connectivity index (χ3n) is 3.64. The number of carbonyl (C=O) groups is 1. The number of ether oxygens (including phenoxy) is 1. The van der Waals surface area contributed by atoms with Crippen molar-refractivity contribution in [2.75, 3.05) is 6.54 Å². The van der Waals surface area contributed by atoms with E-state index in [2.05, 4.69) is 5.32 Å². The molecule has 0 fully saturated rings. The maximum absolute atomic E-state index is 12.0. The molecule has 0 aliphatic rings. The van der Waals surface area contributed by atoms with Crippen LogP contribution in [0.25, 0.3) is 0 Å². The second-order valence-electron chi connectivity index (χ2n) is 5.48. The summed E-state index contributed by atoms with van der Waals surface area (Å²) in [6, 6.07) is 9.65. The molecule has 0 saturated carbocycles. The average Bonchev–Trinajstić information content (AvgIpc) is 3.00. The third kappa shape index (κ3) is 4.65. The van der Waals surface area contributed by atoms with Crippen molar-refractivity contribution >= 4 is 5.91 Å². The van der Waals surface area contributed by atoms with Gasteiger partial charge in [-0.05, 0) is 62.6 Å². The normalized spacial score (nSPS) is 12.0. The van der Waals surface area contributed by atoms with Crippen molar-refractivity contribution in [2.45, 2.75) is 39.7 Å². The maximum atomic E-state index is 12.0. The zero-order valence-electron chi connectivity index (χ0n) is 13.4. The first-order chi connectivity index (χ1) is 10.6. The Labute approximate surface area is 131 Å². The van der Waals surface area contributed by atoms with Gasteiger partial charge in [-0.2, -0.15) is 0 Å². The lowest BCUT2D eigenvalue weighted by Gasteiger charge is -2.15. The number of nitrogens with one attached hydrogen (secondary N) is 1. The minimum absolute atomic E-state index is 0.0994. The fraction of sp³-hybridized carbons (Fsp3) is 0.389. The van der Waals surface area contributed by atoms with Gasteiger partial charge in [0.15, 0.2) is 6.10 Å². The summed E-state index contributed by atoms with van der Waals surface area (Å²) >= 11 is 0. The molecule has 0 radical (unpaired) electrons. The van der Waals surface area contributed by atoms with Gasteiger partial charge in [-0.1, -0.05) is 6.07 Å². The molecule has 2 aromatic rings. The minimum atomic E-state index is -0.509. The van der Waals surface area contributed by atoms with Gasteiger partial charge in [0.2, 0.25) is 0 Å². The fourth-order valence-electron chi connectivity index (χ4n) is 2.12. The highest BCUT2D eigenvalue weighted by molar-refractivity contribution is 5.80. The van der Waals surface area contributed by atoms with Crippen LogP contribution in [0.5, 0.6) is 5.75 Å². The van der Waals surface area contributed by atoms with E-state index >= 15 is 0 Å². The van der Waals surface area contributed by atoms with Gasteiger partial charge >= 0.3 is 0 Å². The van der Waals surface area contributed by atoms with E-state index in [1.54, 1.807) is 13.2 Å². The molecule has 118 valence electrons. The van der Waals surface area contributed by atoms with E-state index in [0.29, 0.717) is 6.54 Å². The highest BCUT2D eigenvalue weighted by atomic mass is 16.5. The number of carbonyl (C=O) groups excluding carboxylic acids is 1. The standard InChI is InChI=1S/C18H23NO3/c1-13-8-9-17(12-14(13)2)22-15(3)18(20)19-10-4-6-16-7-5-11-21-16/h5,7-9,11-12,15H,4,6,10H2,1-3H3,(H,19,20). The minimum Gasteiger partial charge on any atom is -0.481 e. The van der Waals surface area contributed by atoms with Gasteiger partial charge in [0.25, 0.3) is 5.91 Å². The van der Waals surface area contributed by atoms with E-state index in [-0.39, 0.29) is 5.91 Å². The highest BCUT2D eigenvalue weighted by Gasteiger charge is 2.14. The van der Waals surface area contributed by atoms with Crippen molar-refractivity contribution in [1.29, 1.82) is 0 Å². The van der Waals surface area contributed by atoms with Crippen LogP contribution in [0.1, 0.15) is 30.2 Å². The summed E-state index contributed by atoms with van der Waals surface area (Å²) in [5.74, 6) is 1.56. The van der Waals surface area contributed by atoms with Crippen LogP contribution in [-0.2, 0) is 11.2 Å². The summed E-state index contributed by atoms with van der Waals surface area (Å²) < 4.78 is 10.9. The Morgan fingerprint density at radius 2 is 2.09 bits per heavy atom. The van der Waals surface area contributed by atoms with Gasteiger partial charge in [0.1, 0.15) is 11.5 Å². The Kier molecular flexibility index (Phi) is 5.64. The number of hydrogen-bond acceptors (Lipinski definition) is 3. The highest BCUT2D eigenvalue weighted by Crippen LogP contribution is 2.17. The lowest BCUT2D eigenvalue weighted by atomic mass is 10.1. The van der Waals surface area contributed by atoms with E-state index in [4.69, 9.17) is 9.15 Å². The van der Waals surface area contributed by atoms with Crippen LogP contribution in [-0.4, -0.2) is 18.6 Å². The first-order valence-corrected chi connectivity index (χ1v) is 7.60. The van der Waals surface area contributed by atoms with Gasteiger partial charge in [-0.3, -0.25) is 4.79 Å². The molecular weight excluding hydrogens is 278 g/mol. The van der Waals surface area contributed by atoms with E-state index in [1.807, 2.05) is 44.2 Å². The van der Waals surface area contributed by atoms with Gasteiger partial charge in [-0.15, -0.1) is 0 Å². The SMILES string of the molecule is Cc1ccc(OC(C)C(=O)NCCCc2ccco2)cc1C. The molecule has 1 N–H and O–H groups in total. The van der Waals surface area contributed by atoms with Crippen LogP contribution in [0.2, 0.25) is 0 Å². The second kappa shape index (κ2) is 7.69. The molecule has 0 spiro atoms. The lowest BCUT2D eigenvalue weighted by molar-refractivity contribution is -0.127. The molecule has 4 heteroatoms. The Balaban J connectivity index is 1.73. The topological polar surface area (TPSA) is 51.5 Å². The van der Waals surface area contributed by atoms with Crippen LogP contribution in [0.4, 0.5) is 0 Å². The molecule has 1 amide bonds. The van der Waals surface area contributed by atoms with Gasteiger partial charge in [0, 0.05) is 13.0 Å². The predicted octanol–water partition coefficient (Wildman–Crippen LogP) is 3.41. The van der Waals surface area contributed by atoms with Crippen molar-refractivity contribution in [2.24, 2.45) is 0 Å². The lowest BCUT2D eigenvalue weighted by Crippen LogP contribution is -2.36. The number of furan rings is 1. The molecule has 1 atom stereocenters. The summed E-state index contributed by atoms with van der Waals surface area (Å²) in [6.45, 7) is 6.45. The third-order valence-corrected chi connectivity index (χ3v) is 3.64. The van der Waals surface area contributed by atoms with Crippen molar-refractivity contribution in [3.63, 3.8) is 0 Å². The molecule has 0 saturated heterocycles.